The SMILES string of the molecule is COc1ccc(F)c(-n2nc(Cl)ccc2=O)c1Cl. The second kappa shape index (κ2) is 4.96. The normalized spacial score (nSPS) is 10.4. The molecule has 0 saturated heterocycles. The lowest BCUT2D eigenvalue weighted by molar-refractivity contribution is 0.413. The standard InChI is InChI=1S/C11H7Cl2FN2O2/c1-18-7-3-2-6(14)11(10(7)13)16-9(17)5-4-8(12)15-16/h2-5H,1H3. The number of benzene rings is 1. The Hall–Kier alpha value is -1.59. The van der Waals surface area contributed by atoms with Gasteiger partial charge in [0.1, 0.15) is 21.6 Å². The predicted molar refractivity (Wildman–Crippen MR) is 66.4 cm³/mol. The quantitative estimate of drug-likeness (QED) is 0.853. The first-order chi connectivity index (χ1) is 8.54. The molecule has 2 rings (SSSR count). The molecule has 0 aliphatic carbocycles. The molecule has 0 atom stereocenters. The van der Waals surface area contributed by atoms with E-state index >= 15 is 0 Å². The van der Waals surface area contributed by atoms with Crippen LogP contribution in [-0.2, 0) is 0 Å². The summed E-state index contributed by atoms with van der Waals surface area (Å²) in [5, 5.41) is 3.73. The van der Waals surface area contributed by atoms with Crippen LogP contribution in [0, 0.1) is 5.82 Å². The van der Waals surface area contributed by atoms with Crippen LogP contribution in [0.2, 0.25) is 10.2 Å². The molecule has 0 bridgehead atoms. The molecule has 1 aromatic carbocycles. The lowest BCUT2D eigenvalue weighted by Gasteiger charge is -2.10. The Labute approximate surface area is 112 Å². The van der Waals surface area contributed by atoms with Crippen molar-refractivity contribution in [1.82, 2.24) is 9.78 Å². The molecule has 0 saturated carbocycles. The van der Waals surface area contributed by atoms with E-state index in [-0.39, 0.29) is 21.6 Å². The zero-order valence-electron chi connectivity index (χ0n) is 9.15. The van der Waals surface area contributed by atoms with Gasteiger partial charge in [0.25, 0.3) is 5.56 Å². The molecule has 18 heavy (non-hydrogen) atoms. The van der Waals surface area contributed by atoms with E-state index in [2.05, 4.69) is 5.10 Å². The van der Waals surface area contributed by atoms with Gasteiger partial charge in [-0.1, -0.05) is 23.2 Å². The van der Waals surface area contributed by atoms with Gasteiger partial charge < -0.3 is 4.74 Å². The molecular formula is C11H7Cl2FN2O2. The maximum absolute atomic E-state index is 13.8. The first-order valence-corrected chi connectivity index (χ1v) is 5.58. The van der Waals surface area contributed by atoms with E-state index in [1.165, 1.54) is 25.3 Å². The van der Waals surface area contributed by atoms with Gasteiger partial charge >= 0.3 is 0 Å². The number of rotatable bonds is 2. The fourth-order valence-electron chi connectivity index (χ4n) is 1.42. The van der Waals surface area contributed by atoms with Crippen molar-refractivity contribution in [3.63, 3.8) is 0 Å². The van der Waals surface area contributed by atoms with E-state index in [1.807, 2.05) is 0 Å². The maximum Gasteiger partial charge on any atom is 0.271 e. The number of hydrogen-bond acceptors (Lipinski definition) is 3. The molecule has 0 aliphatic heterocycles. The lowest BCUT2D eigenvalue weighted by atomic mass is 10.3. The molecule has 94 valence electrons. The Kier molecular flexibility index (Phi) is 3.54. The van der Waals surface area contributed by atoms with Crippen molar-refractivity contribution in [1.29, 1.82) is 0 Å². The molecule has 0 unspecified atom stereocenters. The van der Waals surface area contributed by atoms with Crippen molar-refractivity contribution in [3.05, 3.63) is 50.6 Å². The van der Waals surface area contributed by atoms with Crippen LogP contribution >= 0.6 is 23.2 Å². The van der Waals surface area contributed by atoms with Gasteiger partial charge in [0.05, 0.1) is 7.11 Å². The minimum absolute atomic E-state index is 0.0469. The predicted octanol–water partition coefficient (Wildman–Crippen LogP) is 2.69. The van der Waals surface area contributed by atoms with Crippen molar-refractivity contribution in [3.8, 4) is 11.4 Å². The van der Waals surface area contributed by atoms with Gasteiger partial charge in [0, 0.05) is 6.07 Å². The zero-order valence-corrected chi connectivity index (χ0v) is 10.7. The first kappa shape index (κ1) is 12.9. The van der Waals surface area contributed by atoms with Gasteiger partial charge in [-0.15, -0.1) is 0 Å². The van der Waals surface area contributed by atoms with Gasteiger partial charge in [-0.2, -0.15) is 9.78 Å². The summed E-state index contributed by atoms with van der Waals surface area (Å²) in [6, 6.07) is 4.97. The second-order valence-electron chi connectivity index (χ2n) is 3.32. The number of ether oxygens (including phenoxy) is 1. The van der Waals surface area contributed by atoms with E-state index in [1.54, 1.807) is 0 Å². The number of halogens is 3. The molecule has 4 nitrogen and oxygen atoms in total. The largest absolute Gasteiger partial charge is 0.495 e. The van der Waals surface area contributed by atoms with Crippen LogP contribution in [0.25, 0.3) is 5.69 Å². The van der Waals surface area contributed by atoms with Gasteiger partial charge in [0.2, 0.25) is 0 Å². The number of nitrogens with zero attached hydrogens (tertiary/aromatic N) is 2. The Morgan fingerprint density at radius 2 is 2.00 bits per heavy atom. The summed E-state index contributed by atoms with van der Waals surface area (Å²) < 4.78 is 19.5. The third-order valence-electron chi connectivity index (χ3n) is 2.23. The van der Waals surface area contributed by atoms with Crippen LogP contribution in [0.15, 0.2) is 29.1 Å². The molecule has 0 amide bonds. The molecule has 0 fully saturated rings. The molecule has 0 N–H and O–H groups in total. The Bertz CT molecular complexity index is 658. The summed E-state index contributed by atoms with van der Waals surface area (Å²) in [6.07, 6.45) is 0. The minimum Gasteiger partial charge on any atom is -0.495 e. The monoisotopic (exact) mass is 288 g/mol. The summed E-state index contributed by atoms with van der Waals surface area (Å²) in [6.45, 7) is 0. The Morgan fingerprint density at radius 3 is 2.67 bits per heavy atom. The van der Waals surface area contributed by atoms with Gasteiger partial charge in [0.15, 0.2) is 5.82 Å². The second-order valence-corrected chi connectivity index (χ2v) is 4.08. The molecule has 2 aromatic rings. The van der Waals surface area contributed by atoms with E-state index in [9.17, 15) is 9.18 Å². The first-order valence-electron chi connectivity index (χ1n) is 4.83. The number of hydrogen-bond donors (Lipinski definition) is 0. The third-order valence-corrected chi connectivity index (χ3v) is 2.80. The van der Waals surface area contributed by atoms with E-state index in [0.29, 0.717) is 0 Å². The van der Waals surface area contributed by atoms with Crippen molar-refractivity contribution in [2.75, 3.05) is 7.11 Å². The molecule has 0 spiro atoms. The molecule has 0 aliphatic rings. The third kappa shape index (κ3) is 2.19. The van der Waals surface area contributed by atoms with Crippen LogP contribution in [0.5, 0.6) is 5.75 Å². The fourth-order valence-corrected chi connectivity index (χ4v) is 1.87. The topological polar surface area (TPSA) is 44.1 Å². The van der Waals surface area contributed by atoms with Crippen molar-refractivity contribution in [2.45, 2.75) is 0 Å². The number of methoxy groups -OCH3 is 1. The van der Waals surface area contributed by atoms with E-state index in [4.69, 9.17) is 27.9 Å². The summed E-state index contributed by atoms with van der Waals surface area (Å²) >= 11 is 11.6. The van der Waals surface area contributed by atoms with E-state index in [0.717, 1.165) is 10.7 Å². The van der Waals surface area contributed by atoms with Gasteiger partial charge in [-0.3, -0.25) is 4.79 Å². The van der Waals surface area contributed by atoms with Crippen molar-refractivity contribution >= 4 is 23.2 Å². The van der Waals surface area contributed by atoms with Crippen molar-refractivity contribution < 1.29 is 9.13 Å². The highest BCUT2D eigenvalue weighted by Crippen LogP contribution is 2.31. The molecule has 1 heterocycles. The van der Waals surface area contributed by atoms with E-state index < -0.39 is 11.4 Å². The Balaban J connectivity index is 2.78. The molecule has 1 aromatic heterocycles. The molecule has 7 heteroatoms. The van der Waals surface area contributed by atoms with Crippen LogP contribution in [-0.4, -0.2) is 16.9 Å². The summed E-state index contributed by atoms with van der Waals surface area (Å²) in [4.78, 5) is 11.7. The number of aromatic nitrogens is 2. The van der Waals surface area contributed by atoms with Crippen LogP contribution in [0.1, 0.15) is 0 Å². The summed E-state index contributed by atoms with van der Waals surface area (Å²) in [5.74, 6) is -0.459. The van der Waals surface area contributed by atoms with Crippen molar-refractivity contribution in [2.24, 2.45) is 0 Å². The fraction of sp³-hybridized carbons (Fsp3) is 0.0909. The van der Waals surface area contributed by atoms with Gasteiger partial charge in [-0.25, -0.2) is 4.39 Å². The smallest absolute Gasteiger partial charge is 0.271 e. The minimum atomic E-state index is -0.697. The highest BCUT2D eigenvalue weighted by atomic mass is 35.5. The maximum atomic E-state index is 13.8. The molecule has 0 radical (unpaired) electrons. The highest BCUT2D eigenvalue weighted by Gasteiger charge is 2.16. The summed E-state index contributed by atoms with van der Waals surface area (Å²) in [5.41, 5.74) is -0.739. The average Bonchev–Trinajstić information content (AvgIpc) is 2.34. The zero-order chi connectivity index (χ0) is 13.3. The average molecular weight is 289 g/mol. The van der Waals surface area contributed by atoms with Crippen LogP contribution in [0.4, 0.5) is 4.39 Å². The van der Waals surface area contributed by atoms with Crippen LogP contribution in [0.3, 0.4) is 0 Å². The Morgan fingerprint density at radius 1 is 1.28 bits per heavy atom. The lowest BCUT2D eigenvalue weighted by Crippen LogP contribution is -2.21. The highest BCUT2D eigenvalue weighted by molar-refractivity contribution is 6.34. The summed E-state index contributed by atoms with van der Waals surface area (Å²) in [7, 11) is 1.39. The van der Waals surface area contributed by atoms with Crippen LogP contribution < -0.4 is 10.3 Å². The van der Waals surface area contributed by atoms with Gasteiger partial charge in [-0.05, 0) is 18.2 Å². The molecular weight excluding hydrogens is 282 g/mol.